The summed E-state index contributed by atoms with van der Waals surface area (Å²) in [5.41, 5.74) is 7.31. The predicted molar refractivity (Wildman–Crippen MR) is 79.7 cm³/mol. The Balaban J connectivity index is 2.00. The lowest BCUT2D eigenvalue weighted by molar-refractivity contribution is -0.117. The second kappa shape index (κ2) is 6.85. The number of carbonyl (C=O) groups excluding carboxylic acids is 1. The summed E-state index contributed by atoms with van der Waals surface area (Å²) in [6.45, 7) is 0. The quantitative estimate of drug-likeness (QED) is 0.887. The number of benzene rings is 2. The topological polar surface area (TPSA) is 64.3 Å². The van der Waals surface area contributed by atoms with Crippen LogP contribution in [0.4, 0.5) is 10.1 Å². The van der Waals surface area contributed by atoms with E-state index in [-0.39, 0.29) is 11.7 Å². The van der Waals surface area contributed by atoms with Crippen molar-refractivity contribution >= 4 is 11.6 Å². The lowest BCUT2D eigenvalue weighted by Gasteiger charge is -2.13. The molecule has 0 aliphatic rings. The number of rotatable bonds is 5. The molecule has 0 radical (unpaired) electrons. The molecule has 4 nitrogen and oxygen atoms in total. The van der Waals surface area contributed by atoms with Crippen LogP contribution in [0, 0.1) is 5.82 Å². The van der Waals surface area contributed by atoms with Gasteiger partial charge >= 0.3 is 0 Å². The minimum Gasteiger partial charge on any atom is -0.494 e. The van der Waals surface area contributed by atoms with E-state index in [0.717, 1.165) is 5.56 Å². The van der Waals surface area contributed by atoms with Crippen LogP contribution in [-0.4, -0.2) is 19.1 Å². The molecule has 0 saturated carbocycles. The molecule has 0 bridgehead atoms. The summed E-state index contributed by atoms with van der Waals surface area (Å²) in [4.78, 5) is 12.0. The molecule has 0 aliphatic carbocycles. The first kappa shape index (κ1) is 15.0. The molecule has 2 aromatic carbocycles. The van der Waals surface area contributed by atoms with Crippen molar-refractivity contribution in [3.63, 3.8) is 0 Å². The molecule has 0 heterocycles. The lowest BCUT2D eigenvalue weighted by Crippen LogP contribution is -2.37. The molecule has 2 rings (SSSR count). The van der Waals surface area contributed by atoms with Crippen LogP contribution in [0.25, 0.3) is 0 Å². The van der Waals surface area contributed by atoms with Crippen LogP contribution < -0.4 is 15.8 Å². The Morgan fingerprint density at radius 3 is 2.67 bits per heavy atom. The third-order valence-electron chi connectivity index (χ3n) is 3.05. The third kappa shape index (κ3) is 4.03. The molecule has 0 unspecified atom stereocenters. The summed E-state index contributed by atoms with van der Waals surface area (Å²) in [5, 5.41) is 2.65. The first-order valence-corrected chi connectivity index (χ1v) is 6.54. The first-order chi connectivity index (χ1) is 10.1. The maximum Gasteiger partial charge on any atom is 0.241 e. The number of nitrogens with one attached hydrogen (secondary N) is 1. The van der Waals surface area contributed by atoms with E-state index in [1.165, 1.54) is 25.3 Å². The van der Waals surface area contributed by atoms with Crippen molar-refractivity contribution in [2.75, 3.05) is 12.4 Å². The minimum atomic E-state index is -0.677. The fraction of sp³-hybridized carbons (Fsp3) is 0.188. The van der Waals surface area contributed by atoms with Gasteiger partial charge in [0.1, 0.15) is 0 Å². The van der Waals surface area contributed by atoms with Crippen LogP contribution >= 0.6 is 0 Å². The van der Waals surface area contributed by atoms with E-state index in [1.54, 1.807) is 0 Å². The van der Waals surface area contributed by atoms with E-state index in [0.29, 0.717) is 12.1 Å². The number of carbonyl (C=O) groups is 1. The zero-order valence-electron chi connectivity index (χ0n) is 11.7. The van der Waals surface area contributed by atoms with Crippen molar-refractivity contribution in [3.8, 4) is 5.75 Å². The zero-order valence-corrected chi connectivity index (χ0v) is 11.7. The van der Waals surface area contributed by atoms with Gasteiger partial charge in [0.2, 0.25) is 5.91 Å². The smallest absolute Gasteiger partial charge is 0.241 e. The van der Waals surface area contributed by atoms with Gasteiger partial charge in [-0.05, 0) is 24.1 Å². The monoisotopic (exact) mass is 288 g/mol. The molecular weight excluding hydrogens is 271 g/mol. The SMILES string of the molecule is COc1cc(NC(=O)[C@@H](N)Cc2ccccc2)ccc1F. The number of ether oxygens (including phenoxy) is 1. The molecule has 1 atom stereocenters. The summed E-state index contributed by atoms with van der Waals surface area (Å²) >= 11 is 0. The van der Waals surface area contributed by atoms with Gasteiger partial charge in [0, 0.05) is 11.8 Å². The van der Waals surface area contributed by atoms with Gasteiger partial charge in [0.15, 0.2) is 11.6 Å². The fourth-order valence-corrected chi connectivity index (χ4v) is 1.93. The molecule has 21 heavy (non-hydrogen) atoms. The molecule has 1 amide bonds. The Labute approximate surface area is 122 Å². The van der Waals surface area contributed by atoms with E-state index in [2.05, 4.69) is 5.32 Å². The summed E-state index contributed by atoms with van der Waals surface area (Å²) < 4.78 is 18.2. The van der Waals surface area contributed by atoms with Gasteiger partial charge in [-0.3, -0.25) is 4.79 Å². The van der Waals surface area contributed by atoms with Gasteiger partial charge in [-0.25, -0.2) is 4.39 Å². The van der Waals surface area contributed by atoms with Gasteiger partial charge in [-0.1, -0.05) is 30.3 Å². The average molecular weight is 288 g/mol. The van der Waals surface area contributed by atoms with E-state index in [1.807, 2.05) is 30.3 Å². The highest BCUT2D eigenvalue weighted by molar-refractivity contribution is 5.95. The summed E-state index contributed by atoms with van der Waals surface area (Å²) in [5.74, 6) is -0.735. The standard InChI is InChI=1S/C16H17FN2O2/c1-21-15-10-12(7-8-13(15)17)19-16(20)14(18)9-11-5-3-2-4-6-11/h2-8,10,14H,9,18H2,1H3,(H,19,20)/t14-/m0/s1. The largest absolute Gasteiger partial charge is 0.494 e. The normalized spacial score (nSPS) is 11.8. The van der Waals surface area contributed by atoms with Gasteiger partial charge in [-0.15, -0.1) is 0 Å². The maximum atomic E-state index is 13.3. The summed E-state index contributed by atoms with van der Waals surface area (Å²) in [6, 6.07) is 12.9. The number of anilines is 1. The number of hydrogen-bond donors (Lipinski definition) is 2. The van der Waals surface area contributed by atoms with Gasteiger partial charge in [0.25, 0.3) is 0 Å². The second-order valence-electron chi connectivity index (χ2n) is 4.63. The van der Waals surface area contributed by atoms with Crippen molar-refractivity contribution < 1.29 is 13.9 Å². The molecule has 0 aliphatic heterocycles. The highest BCUT2D eigenvalue weighted by Gasteiger charge is 2.15. The Morgan fingerprint density at radius 2 is 2.00 bits per heavy atom. The molecule has 0 aromatic heterocycles. The van der Waals surface area contributed by atoms with E-state index >= 15 is 0 Å². The number of methoxy groups -OCH3 is 1. The second-order valence-corrected chi connectivity index (χ2v) is 4.63. The van der Waals surface area contributed by atoms with E-state index in [4.69, 9.17) is 10.5 Å². The number of amides is 1. The van der Waals surface area contributed by atoms with Crippen LogP contribution in [0.5, 0.6) is 5.75 Å². The highest BCUT2D eigenvalue weighted by Crippen LogP contribution is 2.21. The van der Waals surface area contributed by atoms with Crippen LogP contribution in [-0.2, 0) is 11.2 Å². The molecule has 3 N–H and O–H groups in total. The Kier molecular flexibility index (Phi) is 4.90. The zero-order chi connectivity index (χ0) is 15.2. The molecule has 5 heteroatoms. The summed E-state index contributed by atoms with van der Waals surface area (Å²) in [7, 11) is 1.37. The minimum absolute atomic E-state index is 0.0735. The van der Waals surface area contributed by atoms with E-state index in [9.17, 15) is 9.18 Å². The number of nitrogens with two attached hydrogens (primary N) is 1. The van der Waals surface area contributed by atoms with Crippen LogP contribution in [0.15, 0.2) is 48.5 Å². The maximum absolute atomic E-state index is 13.3. The van der Waals surface area contributed by atoms with Crippen LogP contribution in [0.3, 0.4) is 0 Å². The Hall–Kier alpha value is -2.40. The predicted octanol–water partition coefficient (Wildman–Crippen LogP) is 2.34. The van der Waals surface area contributed by atoms with Gasteiger partial charge in [-0.2, -0.15) is 0 Å². The van der Waals surface area contributed by atoms with Gasteiger partial charge in [0.05, 0.1) is 13.2 Å². The van der Waals surface area contributed by atoms with Crippen molar-refractivity contribution in [3.05, 3.63) is 59.9 Å². The lowest BCUT2D eigenvalue weighted by atomic mass is 10.1. The number of hydrogen-bond acceptors (Lipinski definition) is 3. The Bertz CT molecular complexity index is 617. The molecular formula is C16H17FN2O2. The average Bonchev–Trinajstić information content (AvgIpc) is 2.50. The van der Waals surface area contributed by atoms with Crippen molar-refractivity contribution in [1.29, 1.82) is 0 Å². The molecule has 0 fully saturated rings. The molecule has 0 spiro atoms. The fourth-order valence-electron chi connectivity index (χ4n) is 1.93. The molecule has 110 valence electrons. The summed E-state index contributed by atoms with van der Waals surface area (Å²) in [6.07, 6.45) is 0.436. The van der Waals surface area contributed by atoms with Crippen molar-refractivity contribution in [2.45, 2.75) is 12.5 Å². The van der Waals surface area contributed by atoms with Crippen molar-refractivity contribution in [1.82, 2.24) is 0 Å². The number of halogens is 1. The van der Waals surface area contributed by atoms with Crippen molar-refractivity contribution in [2.24, 2.45) is 5.73 Å². The van der Waals surface area contributed by atoms with E-state index < -0.39 is 11.9 Å². The Morgan fingerprint density at radius 1 is 1.29 bits per heavy atom. The molecule has 0 saturated heterocycles. The third-order valence-corrected chi connectivity index (χ3v) is 3.05. The highest BCUT2D eigenvalue weighted by atomic mass is 19.1. The first-order valence-electron chi connectivity index (χ1n) is 6.54. The van der Waals surface area contributed by atoms with Gasteiger partial charge < -0.3 is 15.8 Å². The van der Waals surface area contributed by atoms with Crippen LogP contribution in [0.2, 0.25) is 0 Å². The van der Waals surface area contributed by atoms with Crippen LogP contribution in [0.1, 0.15) is 5.56 Å². The molecule has 2 aromatic rings.